The largest absolute Gasteiger partial charge is 0.414 e. The van der Waals surface area contributed by atoms with E-state index in [1.165, 1.54) is 4.57 Å². The lowest BCUT2D eigenvalue weighted by molar-refractivity contribution is -0.0315. The van der Waals surface area contributed by atoms with Crippen LogP contribution in [0.15, 0.2) is 28.4 Å². The number of nitrogens with zero attached hydrogens (tertiary/aromatic N) is 2. The third-order valence-electron chi connectivity index (χ3n) is 7.14. The summed E-state index contributed by atoms with van der Waals surface area (Å²) in [4.78, 5) is 26.0. The van der Waals surface area contributed by atoms with E-state index in [1.807, 2.05) is 6.08 Å². The predicted molar refractivity (Wildman–Crippen MR) is 144 cm³/mol. The summed E-state index contributed by atoms with van der Waals surface area (Å²) in [7, 11) is -3.18. The van der Waals surface area contributed by atoms with Crippen molar-refractivity contribution in [2.75, 3.05) is 13.2 Å². The number of allylic oxidation sites excluding steroid dienone is 1. The van der Waals surface area contributed by atoms with Crippen molar-refractivity contribution in [3.05, 3.63) is 45.3 Å². The molecule has 1 aliphatic rings. The molecule has 0 radical (unpaired) electrons. The first kappa shape index (κ1) is 29.0. The third kappa shape index (κ3) is 7.37. The summed E-state index contributed by atoms with van der Waals surface area (Å²) < 4.78 is 21.3. The minimum atomic E-state index is -1.93. The Hall–Kier alpha value is -1.27. The van der Waals surface area contributed by atoms with Gasteiger partial charge in [0.05, 0.1) is 12.7 Å². The maximum absolute atomic E-state index is 13.3. The fourth-order valence-electron chi connectivity index (χ4n) is 3.72. The fourth-order valence-corrected chi connectivity index (χ4v) is 5.49. The van der Waals surface area contributed by atoms with E-state index in [1.54, 1.807) is 17.7 Å². The van der Waals surface area contributed by atoms with Crippen LogP contribution in [0.2, 0.25) is 43.8 Å². The molecule has 0 aromatic carbocycles. The Morgan fingerprint density at radius 3 is 2.41 bits per heavy atom. The van der Waals surface area contributed by atoms with Gasteiger partial charge < -0.3 is 13.9 Å². The van der Waals surface area contributed by atoms with Crippen molar-refractivity contribution in [2.24, 2.45) is 5.92 Å². The topological polar surface area (TPSA) is 71.7 Å². The first-order valence-corrected chi connectivity index (χ1v) is 19.0. The highest BCUT2D eigenvalue weighted by atomic mass is 28.4. The zero-order valence-electron chi connectivity index (χ0n) is 22.8. The maximum atomic E-state index is 13.3. The summed E-state index contributed by atoms with van der Waals surface area (Å²) in [6.45, 7) is 24.6. The summed E-state index contributed by atoms with van der Waals surface area (Å²) in [5, 5.41) is 0.109. The minimum Gasteiger partial charge on any atom is -0.414 e. The number of aromatic nitrogens is 2. The summed E-state index contributed by atoms with van der Waals surface area (Å²) in [5.74, 6) is 0.202. The van der Waals surface area contributed by atoms with Gasteiger partial charge >= 0.3 is 5.69 Å². The quantitative estimate of drug-likeness (QED) is 0.234. The minimum absolute atomic E-state index is 0.0372. The van der Waals surface area contributed by atoms with Gasteiger partial charge in [-0.25, -0.2) is 9.36 Å². The van der Waals surface area contributed by atoms with Crippen molar-refractivity contribution in [3.8, 4) is 0 Å². The summed E-state index contributed by atoms with van der Waals surface area (Å²) in [6.07, 6.45) is 4.41. The molecule has 0 aliphatic carbocycles. The van der Waals surface area contributed by atoms with Crippen molar-refractivity contribution in [2.45, 2.75) is 103 Å². The number of rotatable bonds is 11. The molecule has 3 atom stereocenters. The van der Waals surface area contributed by atoms with Gasteiger partial charge in [0, 0.05) is 26.4 Å². The van der Waals surface area contributed by atoms with Gasteiger partial charge in [0.25, 0.3) is 5.56 Å². The summed E-state index contributed by atoms with van der Waals surface area (Å²) >= 11 is 0. The van der Waals surface area contributed by atoms with E-state index in [2.05, 4.69) is 60.1 Å². The molecule has 1 aromatic rings. The van der Waals surface area contributed by atoms with Crippen molar-refractivity contribution in [3.63, 3.8) is 0 Å². The molecule has 0 N–H and O–H groups in total. The molecule has 9 heteroatoms. The molecule has 1 aromatic heterocycles. The molecule has 0 saturated carbocycles. The highest BCUT2D eigenvalue weighted by Gasteiger charge is 2.41. The lowest BCUT2D eigenvalue weighted by atomic mass is 9.97. The molecule has 0 amide bonds. The van der Waals surface area contributed by atoms with Crippen LogP contribution in [-0.4, -0.2) is 44.8 Å². The van der Waals surface area contributed by atoms with Gasteiger partial charge in [-0.05, 0) is 49.9 Å². The van der Waals surface area contributed by atoms with Crippen LogP contribution in [0.4, 0.5) is 0 Å². The van der Waals surface area contributed by atoms with Gasteiger partial charge in [-0.2, -0.15) is 0 Å². The standard InChI is InChI=1S/C25H46N2O5Si2/c1-11-12-20-15-22(32-21(20)17-31-34(9,10)25(3,4)5)26-16-19(2)23(28)27(24(26)29)18-30-13-14-33(6,7)8/h11,16,20-22H,1,12-15,17-18H2,2-10H3/t20-,21+,22+/m0/s1. The number of aryl methyl sites for hydroxylation is 1. The van der Waals surface area contributed by atoms with E-state index < -0.39 is 28.3 Å². The van der Waals surface area contributed by atoms with E-state index in [-0.39, 0.29) is 29.4 Å². The number of ether oxygens (including phenoxy) is 2. The second-order valence-corrected chi connectivity index (χ2v) is 22.7. The second-order valence-electron chi connectivity index (χ2n) is 12.3. The van der Waals surface area contributed by atoms with Gasteiger partial charge in [0.2, 0.25) is 0 Å². The molecule has 1 aliphatic heterocycles. The molecule has 34 heavy (non-hydrogen) atoms. The Bertz CT molecular complexity index is 956. The molecule has 0 spiro atoms. The Morgan fingerprint density at radius 2 is 1.85 bits per heavy atom. The molecule has 1 fully saturated rings. The van der Waals surface area contributed by atoms with Crippen LogP contribution >= 0.6 is 0 Å². The van der Waals surface area contributed by atoms with Crippen molar-refractivity contribution >= 4 is 16.4 Å². The fraction of sp³-hybridized carbons (Fsp3) is 0.760. The van der Waals surface area contributed by atoms with Crippen LogP contribution in [0, 0.1) is 12.8 Å². The van der Waals surface area contributed by atoms with Gasteiger partial charge in [0.1, 0.15) is 13.0 Å². The molecule has 2 heterocycles. The van der Waals surface area contributed by atoms with Crippen LogP contribution in [-0.2, 0) is 20.6 Å². The highest BCUT2D eigenvalue weighted by molar-refractivity contribution is 6.76. The number of hydrogen-bond acceptors (Lipinski definition) is 5. The lowest BCUT2D eigenvalue weighted by Gasteiger charge is -2.37. The average Bonchev–Trinajstić information content (AvgIpc) is 3.10. The van der Waals surface area contributed by atoms with Crippen LogP contribution < -0.4 is 11.2 Å². The Morgan fingerprint density at radius 1 is 1.21 bits per heavy atom. The molecule has 7 nitrogen and oxygen atoms in total. The van der Waals surface area contributed by atoms with Crippen molar-refractivity contribution < 1.29 is 13.9 Å². The van der Waals surface area contributed by atoms with Crippen LogP contribution in [0.25, 0.3) is 0 Å². The molecular weight excluding hydrogens is 464 g/mol. The molecule has 194 valence electrons. The van der Waals surface area contributed by atoms with Gasteiger partial charge in [0.15, 0.2) is 8.32 Å². The SMILES string of the molecule is C=CC[C@H]1C[C@H](n2cc(C)c(=O)n(COCC[Si](C)(C)C)c2=O)O[C@@H]1CO[Si](C)(C)C(C)(C)C. The first-order chi connectivity index (χ1) is 15.6. The Balaban J connectivity index is 2.22. The smallest absolute Gasteiger partial charge is 0.335 e. The van der Waals surface area contributed by atoms with E-state index in [0.29, 0.717) is 25.2 Å². The van der Waals surface area contributed by atoms with E-state index in [0.717, 1.165) is 12.5 Å². The molecule has 1 saturated heterocycles. The van der Waals surface area contributed by atoms with E-state index >= 15 is 0 Å². The van der Waals surface area contributed by atoms with Crippen LogP contribution in [0.1, 0.15) is 45.4 Å². The zero-order chi connectivity index (χ0) is 25.9. The Labute approximate surface area is 207 Å². The molecule has 2 rings (SSSR count). The first-order valence-electron chi connectivity index (χ1n) is 12.4. The normalized spacial score (nSPS) is 21.7. The monoisotopic (exact) mass is 510 g/mol. The van der Waals surface area contributed by atoms with Crippen molar-refractivity contribution in [1.29, 1.82) is 0 Å². The van der Waals surface area contributed by atoms with Gasteiger partial charge in [-0.3, -0.25) is 9.36 Å². The lowest BCUT2D eigenvalue weighted by Crippen LogP contribution is -2.44. The average molecular weight is 511 g/mol. The van der Waals surface area contributed by atoms with Gasteiger partial charge in [-0.1, -0.05) is 46.5 Å². The number of hydrogen-bond donors (Lipinski definition) is 0. The van der Waals surface area contributed by atoms with Gasteiger partial charge in [-0.15, -0.1) is 6.58 Å². The summed E-state index contributed by atoms with van der Waals surface area (Å²) in [6, 6.07) is 0.979. The second kappa shape index (κ2) is 11.2. The predicted octanol–water partition coefficient (Wildman–Crippen LogP) is 5.13. The zero-order valence-corrected chi connectivity index (χ0v) is 24.8. The molecular formula is C25H46N2O5Si2. The highest BCUT2D eigenvalue weighted by Crippen LogP contribution is 2.39. The Kier molecular flexibility index (Phi) is 9.54. The van der Waals surface area contributed by atoms with Crippen LogP contribution in [0.3, 0.4) is 0 Å². The maximum Gasteiger partial charge on any atom is 0.335 e. The van der Waals surface area contributed by atoms with Crippen molar-refractivity contribution in [1.82, 2.24) is 9.13 Å². The third-order valence-corrected chi connectivity index (χ3v) is 13.3. The molecule has 0 unspecified atom stereocenters. The van der Waals surface area contributed by atoms with E-state index in [9.17, 15) is 9.59 Å². The van der Waals surface area contributed by atoms with Crippen LogP contribution in [0.5, 0.6) is 0 Å². The van der Waals surface area contributed by atoms with E-state index in [4.69, 9.17) is 13.9 Å². The summed E-state index contributed by atoms with van der Waals surface area (Å²) in [5.41, 5.74) is -0.206. The molecule has 0 bridgehead atoms.